The van der Waals surface area contributed by atoms with Gasteiger partial charge in [-0.05, 0) is 5.92 Å². The summed E-state index contributed by atoms with van der Waals surface area (Å²) in [5, 5.41) is 2.78. The largest absolute Gasteiger partial charge is 0.288 e. The average Bonchev–Trinajstić information content (AvgIpc) is 2.49. The van der Waals surface area contributed by atoms with E-state index in [1.807, 2.05) is 5.38 Å². The molecule has 0 radical (unpaired) electrons. The molecule has 12 heavy (non-hydrogen) atoms. The van der Waals surface area contributed by atoms with Crippen LogP contribution in [0.1, 0.15) is 11.9 Å². The summed E-state index contributed by atoms with van der Waals surface area (Å²) >= 11 is 2.72. The molecule has 2 nitrogen and oxygen atoms in total. The molecule has 0 fully saturated rings. The van der Waals surface area contributed by atoms with Gasteiger partial charge in [-0.2, -0.15) is 0 Å². The number of carbonyl (C=O) groups excluding carboxylic acids is 1. The summed E-state index contributed by atoms with van der Waals surface area (Å²) < 4.78 is 0. The summed E-state index contributed by atoms with van der Waals surface area (Å²) in [5.74, 6) is 6.27. The predicted molar refractivity (Wildman–Crippen MR) is 52.1 cm³/mol. The molecule has 4 heteroatoms. The van der Waals surface area contributed by atoms with E-state index in [9.17, 15) is 4.79 Å². The van der Waals surface area contributed by atoms with Crippen LogP contribution in [0.2, 0.25) is 0 Å². The van der Waals surface area contributed by atoms with Crippen molar-refractivity contribution in [3.63, 3.8) is 0 Å². The van der Waals surface area contributed by atoms with Crippen LogP contribution in [0.15, 0.2) is 11.6 Å². The molecule has 0 N–H and O–H groups in total. The summed E-state index contributed by atoms with van der Waals surface area (Å²) in [6.07, 6.45) is 1.72. The standard InChI is InChI=1S/C8H7NOS2/c1-7(10)11-5-2-3-8-9-4-6-12-8/h4,6H,5H2,1H3. The molecule has 0 unspecified atom stereocenters. The van der Waals surface area contributed by atoms with Crippen molar-refractivity contribution < 1.29 is 4.79 Å². The minimum absolute atomic E-state index is 0.100. The van der Waals surface area contributed by atoms with Crippen LogP contribution in [-0.4, -0.2) is 15.9 Å². The second-order valence-electron chi connectivity index (χ2n) is 1.92. The van der Waals surface area contributed by atoms with Gasteiger partial charge in [-0.15, -0.1) is 11.3 Å². The van der Waals surface area contributed by atoms with Gasteiger partial charge >= 0.3 is 0 Å². The zero-order chi connectivity index (χ0) is 8.81. The summed E-state index contributed by atoms with van der Waals surface area (Å²) in [5.41, 5.74) is 0. The number of thioether (sulfide) groups is 1. The maximum Gasteiger partial charge on any atom is 0.186 e. The van der Waals surface area contributed by atoms with Crippen LogP contribution in [0.25, 0.3) is 0 Å². The summed E-state index contributed by atoms with van der Waals surface area (Å²) in [4.78, 5) is 14.5. The third-order valence-corrected chi connectivity index (χ3v) is 2.36. The van der Waals surface area contributed by atoms with Crippen LogP contribution in [0.3, 0.4) is 0 Å². The minimum Gasteiger partial charge on any atom is -0.288 e. The second-order valence-corrected chi connectivity index (χ2v) is 3.97. The Morgan fingerprint density at radius 3 is 3.25 bits per heavy atom. The van der Waals surface area contributed by atoms with Gasteiger partial charge in [-0.1, -0.05) is 17.7 Å². The minimum atomic E-state index is 0.100. The van der Waals surface area contributed by atoms with Crippen LogP contribution in [0, 0.1) is 11.8 Å². The number of hydrogen-bond acceptors (Lipinski definition) is 4. The Kier molecular flexibility index (Phi) is 3.85. The van der Waals surface area contributed by atoms with Crippen molar-refractivity contribution >= 4 is 28.2 Å². The van der Waals surface area contributed by atoms with E-state index in [1.54, 1.807) is 6.20 Å². The molecule has 0 aliphatic rings. The maximum absolute atomic E-state index is 10.5. The lowest BCUT2D eigenvalue weighted by Crippen LogP contribution is -1.81. The lowest BCUT2D eigenvalue weighted by Gasteiger charge is -1.83. The lowest BCUT2D eigenvalue weighted by atomic mass is 10.6. The number of carbonyl (C=O) groups is 1. The van der Waals surface area contributed by atoms with Crippen LogP contribution in [-0.2, 0) is 4.79 Å². The first-order chi connectivity index (χ1) is 5.79. The Bertz CT molecular complexity index is 308. The monoisotopic (exact) mass is 197 g/mol. The maximum atomic E-state index is 10.5. The molecule has 1 rings (SSSR count). The highest BCUT2D eigenvalue weighted by molar-refractivity contribution is 8.13. The van der Waals surface area contributed by atoms with E-state index in [0.29, 0.717) is 5.75 Å². The lowest BCUT2D eigenvalue weighted by molar-refractivity contribution is -0.109. The van der Waals surface area contributed by atoms with Crippen molar-refractivity contribution in [1.82, 2.24) is 4.98 Å². The molecule has 1 aromatic rings. The van der Waals surface area contributed by atoms with Crippen molar-refractivity contribution in [3.05, 3.63) is 16.6 Å². The first-order valence-electron chi connectivity index (χ1n) is 3.31. The smallest absolute Gasteiger partial charge is 0.186 e. The number of thiazole rings is 1. The van der Waals surface area contributed by atoms with Crippen molar-refractivity contribution in [3.8, 4) is 11.8 Å². The van der Waals surface area contributed by atoms with Crippen molar-refractivity contribution in [2.45, 2.75) is 6.92 Å². The fraction of sp³-hybridized carbons (Fsp3) is 0.250. The molecular weight excluding hydrogens is 190 g/mol. The molecule has 62 valence electrons. The first kappa shape index (κ1) is 9.30. The van der Waals surface area contributed by atoms with Crippen molar-refractivity contribution in [2.75, 3.05) is 5.75 Å². The van der Waals surface area contributed by atoms with Gasteiger partial charge < -0.3 is 0 Å². The van der Waals surface area contributed by atoms with E-state index >= 15 is 0 Å². The zero-order valence-corrected chi connectivity index (χ0v) is 8.17. The van der Waals surface area contributed by atoms with Gasteiger partial charge in [-0.25, -0.2) is 4.98 Å². The summed E-state index contributed by atoms with van der Waals surface area (Å²) in [6.45, 7) is 1.54. The second kappa shape index (κ2) is 4.96. The van der Waals surface area contributed by atoms with Gasteiger partial charge in [0.2, 0.25) is 0 Å². The van der Waals surface area contributed by atoms with Crippen LogP contribution < -0.4 is 0 Å². The quantitative estimate of drug-likeness (QED) is 0.643. The summed E-state index contributed by atoms with van der Waals surface area (Å²) in [7, 11) is 0. The van der Waals surface area contributed by atoms with Gasteiger partial charge in [0.25, 0.3) is 0 Å². The Morgan fingerprint density at radius 1 is 1.83 bits per heavy atom. The Morgan fingerprint density at radius 2 is 2.67 bits per heavy atom. The topological polar surface area (TPSA) is 30.0 Å². The third-order valence-electron chi connectivity index (χ3n) is 0.975. The van der Waals surface area contributed by atoms with Gasteiger partial charge in [0.15, 0.2) is 10.1 Å². The molecule has 0 amide bonds. The van der Waals surface area contributed by atoms with Gasteiger partial charge in [0, 0.05) is 18.5 Å². The fourth-order valence-electron chi connectivity index (χ4n) is 0.535. The number of nitrogens with zero attached hydrogens (tertiary/aromatic N) is 1. The van der Waals surface area contributed by atoms with Crippen LogP contribution in [0.5, 0.6) is 0 Å². The molecule has 0 saturated carbocycles. The van der Waals surface area contributed by atoms with E-state index in [-0.39, 0.29) is 5.12 Å². The molecular formula is C8H7NOS2. The van der Waals surface area contributed by atoms with E-state index in [2.05, 4.69) is 16.8 Å². The van der Waals surface area contributed by atoms with E-state index in [1.165, 1.54) is 30.0 Å². The van der Waals surface area contributed by atoms with Crippen molar-refractivity contribution in [1.29, 1.82) is 0 Å². The molecule has 0 bridgehead atoms. The normalized spacial score (nSPS) is 8.75. The molecule has 0 aromatic carbocycles. The average molecular weight is 197 g/mol. The first-order valence-corrected chi connectivity index (χ1v) is 5.17. The van der Waals surface area contributed by atoms with Gasteiger partial charge in [-0.3, -0.25) is 4.79 Å². The molecule has 0 aliphatic heterocycles. The molecule has 0 aliphatic carbocycles. The Labute approximate surface area is 79.4 Å². The number of aromatic nitrogens is 1. The summed E-state index contributed by atoms with van der Waals surface area (Å²) in [6, 6.07) is 0. The van der Waals surface area contributed by atoms with Crippen molar-refractivity contribution in [2.24, 2.45) is 0 Å². The highest BCUT2D eigenvalue weighted by atomic mass is 32.2. The number of rotatable bonds is 1. The highest BCUT2D eigenvalue weighted by Gasteiger charge is 1.89. The van der Waals surface area contributed by atoms with Gasteiger partial charge in [0.1, 0.15) is 0 Å². The van der Waals surface area contributed by atoms with E-state index < -0.39 is 0 Å². The van der Waals surface area contributed by atoms with Gasteiger partial charge in [0.05, 0.1) is 5.75 Å². The van der Waals surface area contributed by atoms with Crippen LogP contribution >= 0.6 is 23.1 Å². The molecule has 0 spiro atoms. The zero-order valence-electron chi connectivity index (χ0n) is 6.53. The molecule has 0 atom stereocenters. The third kappa shape index (κ3) is 3.56. The fourth-order valence-corrected chi connectivity index (χ4v) is 1.39. The molecule has 1 aromatic heterocycles. The molecule has 0 saturated heterocycles. The van der Waals surface area contributed by atoms with Crippen LogP contribution in [0.4, 0.5) is 0 Å². The van der Waals surface area contributed by atoms with E-state index in [4.69, 9.17) is 0 Å². The highest BCUT2D eigenvalue weighted by Crippen LogP contribution is 2.02. The molecule has 1 heterocycles. The Balaban J connectivity index is 2.35. The SMILES string of the molecule is CC(=O)SCC#Cc1nccs1. The van der Waals surface area contributed by atoms with E-state index in [0.717, 1.165) is 5.01 Å². The Hall–Kier alpha value is -0.790. The number of hydrogen-bond donors (Lipinski definition) is 0. The predicted octanol–water partition coefficient (Wildman–Crippen LogP) is 1.77.